The number of hydrogen-bond donors (Lipinski definition) is 0. The quantitative estimate of drug-likeness (QED) is 0.516. The van der Waals surface area contributed by atoms with Crippen molar-refractivity contribution in [2.45, 2.75) is 31.2 Å². The lowest BCUT2D eigenvalue weighted by molar-refractivity contribution is -0.135. The highest BCUT2D eigenvalue weighted by Gasteiger charge is 2.36. The number of amides is 1. The van der Waals surface area contributed by atoms with E-state index in [0.717, 1.165) is 11.1 Å². The van der Waals surface area contributed by atoms with Crippen molar-refractivity contribution >= 4 is 15.9 Å². The summed E-state index contributed by atoms with van der Waals surface area (Å²) in [5, 5.41) is 0. The Bertz CT molecular complexity index is 1140. The summed E-state index contributed by atoms with van der Waals surface area (Å²) in [6, 6.07) is 8.66. The van der Waals surface area contributed by atoms with Gasteiger partial charge in [0.1, 0.15) is 10.6 Å². The van der Waals surface area contributed by atoms with E-state index in [0.29, 0.717) is 48.9 Å². The Labute approximate surface area is 207 Å². The summed E-state index contributed by atoms with van der Waals surface area (Å²) in [5.74, 6) is 1.22. The van der Waals surface area contributed by atoms with E-state index in [-0.39, 0.29) is 17.3 Å². The Balaban J connectivity index is 1.78. The normalized spacial score (nSPS) is 16.5. The topological polar surface area (TPSA) is 94.6 Å². The molecule has 35 heavy (non-hydrogen) atoms. The maximum Gasteiger partial charge on any atom is 0.246 e. The van der Waals surface area contributed by atoms with E-state index >= 15 is 0 Å². The Kier molecular flexibility index (Phi) is 8.50. The van der Waals surface area contributed by atoms with Gasteiger partial charge in [0.15, 0.2) is 11.5 Å². The zero-order chi connectivity index (χ0) is 25.8. The van der Waals surface area contributed by atoms with Gasteiger partial charge in [0.2, 0.25) is 21.7 Å². The monoisotopic (exact) mass is 506 g/mol. The number of ether oxygens (including phenoxy) is 4. The lowest BCUT2D eigenvalue weighted by atomic mass is 9.98. The number of carbonyl (C=O) groups is 1. The van der Waals surface area contributed by atoms with Gasteiger partial charge in [0, 0.05) is 26.7 Å². The lowest BCUT2D eigenvalue weighted by Crippen LogP contribution is -2.45. The highest BCUT2D eigenvalue weighted by atomic mass is 32.2. The largest absolute Gasteiger partial charge is 0.495 e. The third-order valence-corrected chi connectivity index (χ3v) is 8.08. The molecular weight excluding hydrogens is 472 g/mol. The van der Waals surface area contributed by atoms with Crippen molar-refractivity contribution in [1.29, 1.82) is 0 Å². The molecular formula is C25H34N2O7S. The Morgan fingerprint density at radius 1 is 1.00 bits per heavy atom. The molecule has 0 radical (unpaired) electrons. The average molecular weight is 507 g/mol. The molecule has 0 bridgehead atoms. The van der Waals surface area contributed by atoms with Crippen molar-refractivity contribution in [3.05, 3.63) is 41.5 Å². The lowest BCUT2D eigenvalue weighted by Gasteiger charge is -2.33. The van der Waals surface area contributed by atoms with Crippen LogP contribution >= 0.6 is 0 Å². The van der Waals surface area contributed by atoms with Gasteiger partial charge in [-0.1, -0.05) is 6.07 Å². The maximum absolute atomic E-state index is 13.4. The van der Waals surface area contributed by atoms with E-state index in [4.69, 9.17) is 18.9 Å². The zero-order valence-electron chi connectivity index (χ0n) is 21.2. The molecule has 2 aromatic carbocycles. The minimum Gasteiger partial charge on any atom is -0.495 e. The highest BCUT2D eigenvalue weighted by Crippen LogP contribution is 2.38. The molecule has 1 saturated heterocycles. The van der Waals surface area contributed by atoms with Crippen LogP contribution in [0.1, 0.15) is 24.0 Å². The van der Waals surface area contributed by atoms with Crippen LogP contribution in [0, 0.1) is 12.8 Å². The van der Waals surface area contributed by atoms with Crippen LogP contribution in [-0.4, -0.2) is 72.1 Å². The van der Waals surface area contributed by atoms with E-state index in [1.165, 1.54) is 32.7 Å². The first-order valence-corrected chi connectivity index (χ1v) is 12.8. The molecule has 0 saturated carbocycles. The fourth-order valence-electron chi connectivity index (χ4n) is 4.38. The zero-order valence-corrected chi connectivity index (χ0v) is 22.0. The van der Waals surface area contributed by atoms with Crippen molar-refractivity contribution in [2.24, 2.45) is 5.92 Å². The number of rotatable bonds is 9. The number of sulfonamides is 1. The van der Waals surface area contributed by atoms with Gasteiger partial charge in [-0.25, -0.2) is 8.42 Å². The molecule has 1 unspecified atom stereocenters. The molecule has 0 N–H and O–H groups in total. The molecule has 0 spiro atoms. The average Bonchev–Trinajstić information content (AvgIpc) is 2.87. The van der Waals surface area contributed by atoms with Crippen LogP contribution in [0.25, 0.3) is 0 Å². The molecule has 2 aromatic rings. The molecule has 1 atom stereocenters. The van der Waals surface area contributed by atoms with Crippen molar-refractivity contribution in [3.8, 4) is 23.0 Å². The third kappa shape index (κ3) is 5.65. The Morgan fingerprint density at radius 3 is 2.20 bits per heavy atom. The van der Waals surface area contributed by atoms with Gasteiger partial charge >= 0.3 is 0 Å². The summed E-state index contributed by atoms with van der Waals surface area (Å²) in [7, 11) is 3.95. The summed E-state index contributed by atoms with van der Waals surface area (Å²) >= 11 is 0. The summed E-state index contributed by atoms with van der Waals surface area (Å²) in [6.45, 7) is 2.63. The highest BCUT2D eigenvalue weighted by molar-refractivity contribution is 7.89. The van der Waals surface area contributed by atoms with Gasteiger partial charge < -0.3 is 23.8 Å². The van der Waals surface area contributed by atoms with E-state index in [1.54, 1.807) is 42.3 Å². The SMILES string of the molecule is COc1ccc(C)cc1S(=O)(=O)N1CCCC(C(=O)N(C)Cc2cc(OC)c(OC)c(OC)c2)C1. The van der Waals surface area contributed by atoms with Crippen LogP contribution in [0.15, 0.2) is 35.2 Å². The minimum absolute atomic E-state index is 0.116. The van der Waals surface area contributed by atoms with Gasteiger partial charge in [-0.3, -0.25) is 4.79 Å². The van der Waals surface area contributed by atoms with Gasteiger partial charge in [0.05, 0.1) is 34.4 Å². The van der Waals surface area contributed by atoms with Gasteiger partial charge in [-0.15, -0.1) is 0 Å². The molecule has 10 heteroatoms. The van der Waals surface area contributed by atoms with Crippen LogP contribution < -0.4 is 18.9 Å². The Hall–Kier alpha value is -2.98. The first kappa shape index (κ1) is 26.6. The van der Waals surface area contributed by atoms with Crippen molar-refractivity contribution < 1.29 is 32.2 Å². The number of hydrogen-bond acceptors (Lipinski definition) is 7. The smallest absolute Gasteiger partial charge is 0.246 e. The van der Waals surface area contributed by atoms with Gasteiger partial charge in [-0.05, 0) is 55.2 Å². The number of aryl methyl sites for hydroxylation is 1. The molecule has 1 aliphatic heterocycles. The standard InChI is InChI=1S/C25H34N2O7S/c1-17-9-10-20(31-3)23(12-17)35(29,30)27-11-7-8-19(16-27)25(28)26(2)15-18-13-21(32-4)24(34-6)22(14-18)33-5/h9-10,12-14,19H,7-8,11,15-16H2,1-6H3. The van der Waals surface area contributed by atoms with Gasteiger partial charge in [-0.2, -0.15) is 4.31 Å². The fraction of sp³-hybridized carbons (Fsp3) is 0.480. The first-order chi connectivity index (χ1) is 16.7. The number of methoxy groups -OCH3 is 4. The molecule has 1 amide bonds. The summed E-state index contributed by atoms with van der Waals surface area (Å²) in [5.41, 5.74) is 1.62. The number of carbonyl (C=O) groups excluding carboxylic acids is 1. The predicted octanol–water partition coefficient (Wildman–Crippen LogP) is 3.09. The summed E-state index contributed by atoms with van der Waals surface area (Å²) in [4.78, 5) is 15.0. The summed E-state index contributed by atoms with van der Waals surface area (Å²) < 4.78 is 49.7. The van der Waals surface area contributed by atoms with Crippen molar-refractivity contribution in [3.63, 3.8) is 0 Å². The first-order valence-electron chi connectivity index (χ1n) is 11.3. The fourth-order valence-corrected chi connectivity index (χ4v) is 6.14. The van der Waals surface area contributed by atoms with E-state index in [9.17, 15) is 13.2 Å². The van der Waals surface area contributed by atoms with E-state index < -0.39 is 15.9 Å². The minimum atomic E-state index is -3.81. The number of piperidine rings is 1. The molecule has 192 valence electrons. The van der Waals surface area contributed by atoms with Crippen LogP contribution in [0.5, 0.6) is 23.0 Å². The van der Waals surface area contributed by atoms with Crippen molar-refractivity contribution in [2.75, 3.05) is 48.6 Å². The molecule has 3 rings (SSSR count). The van der Waals surface area contributed by atoms with Crippen LogP contribution in [-0.2, 0) is 21.4 Å². The number of nitrogens with zero attached hydrogens (tertiary/aromatic N) is 2. The molecule has 1 fully saturated rings. The second-order valence-corrected chi connectivity index (χ2v) is 10.5. The van der Waals surface area contributed by atoms with Crippen LogP contribution in [0.4, 0.5) is 0 Å². The van der Waals surface area contributed by atoms with Crippen molar-refractivity contribution in [1.82, 2.24) is 9.21 Å². The maximum atomic E-state index is 13.4. The summed E-state index contributed by atoms with van der Waals surface area (Å²) in [6.07, 6.45) is 1.22. The predicted molar refractivity (Wildman–Crippen MR) is 132 cm³/mol. The molecule has 1 aliphatic rings. The van der Waals surface area contributed by atoms with E-state index in [2.05, 4.69) is 0 Å². The molecule has 1 heterocycles. The third-order valence-electron chi connectivity index (χ3n) is 6.19. The number of benzene rings is 2. The van der Waals surface area contributed by atoms with Gasteiger partial charge in [0.25, 0.3) is 0 Å². The molecule has 0 aromatic heterocycles. The molecule has 0 aliphatic carbocycles. The Morgan fingerprint density at radius 2 is 1.63 bits per heavy atom. The second kappa shape index (κ2) is 11.2. The van der Waals surface area contributed by atoms with E-state index in [1.807, 2.05) is 6.92 Å². The van der Waals surface area contributed by atoms with Crippen LogP contribution in [0.2, 0.25) is 0 Å². The second-order valence-electron chi connectivity index (χ2n) is 8.58. The van der Waals surface area contributed by atoms with Crippen LogP contribution in [0.3, 0.4) is 0 Å². The molecule has 9 nitrogen and oxygen atoms in total.